The van der Waals surface area contributed by atoms with Gasteiger partial charge in [-0.3, -0.25) is 4.90 Å². The van der Waals surface area contributed by atoms with Gasteiger partial charge in [-0.05, 0) is 50.7 Å². The number of hydrogen-bond acceptors (Lipinski definition) is 2. The highest BCUT2D eigenvalue weighted by molar-refractivity contribution is 4.98. The Morgan fingerprint density at radius 3 is 2.47 bits per heavy atom. The Bertz CT molecular complexity index is 237. The van der Waals surface area contributed by atoms with Crippen LogP contribution in [0.3, 0.4) is 0 Å². The first-order valence-electron chi connectivity index (χ1n) is 8.54. The van der Waals surface area contributed by atoms with Crippen LogP contribution in [0.5, 0.6) is 0 Å². The molecule has 0 bridgehead atoms. The van der Waals surface area contributed by atoms with Gasteiger partial charge >= 0.3 is 0 Å². The predicted octanol–water partition coefficient (Wildman–Crippen LogP) is 4.06. The summed E-state index contributed by atoms with van der Waals surface area (Å²) in [5.74, 6) is 0. The molecule has 1 fully saturated rings. The summed E-state index contributed by atoms with van der Waals surface area (Å²) in [5.41, 5.74) is 0.442. The Morgan fingerprint density at radius 2 is 1.89 bits per heavy atom. The van der Waals surface area contributed by atoms with Crippen molar-refractivity contribution in [3.63, 3.8) is 0 Å². The minimum absolute atomic E-state index is 0.442. The monoisotopic (exact) mass is 268 g/mol. The van der Waals surface area contributed by atoms with Gasteiger partial charge in [-0.2, -0.15) is 0 Å². The van der Waals surface area contributed by atoms with Crippen molar-refractivity contribution in [2.24, 2.45) is 5.41 Å². The molecule has 1 aliphatic rings. The molecule has 0 aromatic carbocycles. The number of likely N-dealkylation sites (N-methyl/N-ethyl adjacent to an activating group) is 1. The molecule has 2 atom stereocenters. The van der Waals surface area contributed by atoms with Gasteiger partial charge in [-0.15, -0.1) is 0 Å². The van der Waals surface area contributed by atoms with E-state index in [1.165, 1.54) is 51.6 Å². The van der Waals surface area contributed by atoms with E-state index in [0.29, 0.717) is 11.5 Å². The van der Waals surface area contributed by atoms with Crippen LogP contribution in [0.2, 0.25) is 0 Å². The fourth-order valence-corrected chi connectivity index (χ4v) is 3.64. The van der Waals surface area contributed by atoms with Crippen LogP contribution in [0.1, 0.15) is 73.1 Å². The largest absolute Gasteiger partial charge is 0.312 e. The zero-order valence-electron chi connectivity index (χ0n) is 14.0. The molecule has 0 saturated heterocycles. The van der Waals surface area contributed by atoms with E-state index in [9.17, 15) is 0 Å². The molecule has 0 amide bonds. The van der Waals surface area contributed by atoms with E-state index in [-0.39, 0.29) is 0 Å². The molecule has 0 spiro atoms. The highest BCUT2D eigenvalue weighted by Gasteiger charge is 2.40. The van der Waals surface area contributed by atoms with Gasteiger partial charge in [0.25, 0.3) is 0 Å². The second-order valence-corrected chi connectivity index (χ2v) is 6.86. The summed E-state index contributed by atoms with van der Waals surface area (Å²) < 4.78 is 0. The van der Waals surface area contributed by atoms with Gasteiger partial charge < -0.3 is 5.32 Å². The summed E-state index contributed by atoms with van der Waals surface area (Å²) in [7, 11) is 0. The van der Waals surface area contributed by atoms with Crippen molar-refractivity contribution in [1.29, 1.82) is 0 Å². The van der Waals surface area contributed by atoms with Crippen LogP contribution >= 0.6 is 0 Å². The summed E-state index contributed by atoms with van der Waals surface area (Å²) >= 11 is 0. The van der Waals surface area contributed by atoms with E-state index in [1.54, 1.807) is 0 Å². The van der Waals surface area contributed by atoms with E-state index in [1.807, 2.05) is 0 Å². The molecule has 0 aromatic rings. The van der Waals surface area contributed by atoms with E-state index >= 15 is 0 Å². The molecule has 1 saturated carbocycles. The molecule has 0 radical (unpaired) electrons. The Kier molecular flexibility index (Phi) is 7.38. The molecule has 2 nitrogen and oxygen atoms in total. The van der Waals surface area contributed by atoms with Crippen LogP contribution in [0, 0.1) is 5.41 Å². The molecule has 2 heteroatoms. The predicted molar refractivity (Wildman–Crippen MR) is 85.7 cm³/mol. The standard InChI is InChI=1S/C17H36N2/c1-6-9-14-19(8-3)15-11-10-12-17(4,5)16(15)18-13-7-2/h15-16,18H,6-14H2,1-5H3. The van der Waals surface area contributed by atoms with Crippen LogP contribution in [-0.4, -0.2) is 36.6 Å². The maximum Gasteiger partial charge on any atom is 0.0274 e. The minimum atomic E-state index is 0.442. The molecule has 0 aliphatic heterocycles. The topological polar surface area (TPSA) is 15.3 Å². The molecule has 2 unspecified atom stereocenters. The lowest BCUT2D eigenvalue weighted by atomic mass is 9.70. The zero-order valence-corrected chi connectivity index (χ0v) is 14.0. The van der Waals surface area contributed by atoms with Crippen LogP contribution in [0.4, 0.5) is 0 Å². The summed E-state index contributed by atoms with van der Waals surface area (Å²) in [6.45, 7) is 15.4. The highest BCUT2D eigenvalue weighted by atomic mass is 15.2. The van der Waals surface area contributed by atoms with Gasteiger partial charge in [0, 0.05) is 12.1 Å². The number of hydrogen-bond donors (Lipinski definition) is 1. The molecular formula is C17H36N2. The lowest BCUT2D eigenvalue weighted by Gasteiger charge is -2.48. The maximum absolute atomic E-state index is 3.86. The molecule has 0 aromatic heterocycles. The summed E-state index contributed by atoms with van der Waals surface area (Å²) in [5, 5.41) is 3.86. The third-order valence-corrected chi connectivity index (χ3v) is 4.84. The number of nitrogens with one attached hydrogen (secondary N) is 1. The van der Waals surface area contributed by atoms with E-state index < -0.39 is 0 Å². The lowest BCUT2D eigenvalue weighted by Crippen LogP contribution is -2.59. The second kappa shape index (κ2) is 8.26. The Morgan fingerprint density at radius 1 is 1.16 bits per heavy atom. The Balaban J connectivity index is 2.74. The molecule has 1 aliphatic carbocycles. The van der Waals surface area contributed by atoms with Crippen LogP contribution in [0.25, 0.3) is 0 Å². The second-order valence-electron chi connectivity index (χ2n) is 6.86. The van der Waals surface area contributed by atoms with Gasteiger partial charge in [0.05, 0.1) is 0 Å². The molecular weight excluding hydrogens is 232 g/mol. The first-order valence-corrected chi connectivity index (χ1v) is 8.54. The molecule has 1 rings (SSSR count). The minimum Gasteiger partial charge on any atom is -0.312 e. The third-order valence-electron chi connectivity index (χ3n) is 4.84. The SMILES string of the molecule is CCCCN(CC)C1CCCC(C)(C)C1NCCC. The highest BCUT2D eigenvalue weighted by Crippen LogP contribution is 2.37. The summed E-state index contributed by atoms with van der Waals surface area (Å²) in [4.78, 5) is 2.73. The third kappa shape index (κ3) is 4.75. The van der Waals surface area contributed by atoms with Crippen molar-refractivity contribution < 1.29 is 0 Å². The van der Waals surface area contributed by atoms with Crippen molar-refractivity contribution in [2.45, 2.75) is 85.2 Å². The zero-order chi connectivity index (χ0) is 14.3. The molecule has 0 heterocycles. The fraction of sp³-hybridized carbons (Fsp3) is 1.00. The van der Waals surface area contributed by atoms with Crippen molar-refractivity contribution in [2.75, 3.05) is 19.6 Å². The molecule has 114 valence electrons. The van der Waals surface area contributed by atoms with Crippen molar-refractivity contribution in [1.82, 2.24) is 10.2 Å². The van der Waals surface area contributed by atoms with Crippen LogP contribution < -0.4 is 5.32 Å². The number of unbranched alkanes of at least 4 members (excludes halogenated alkanes) is 1. The number of nitrogens with zero attached hydrogens (tertiary/aromatic N) is 1. The van der Waals surface area contributed by atoms with Gasteiger partial charge in [0.1, 0.15) is 0 Å². The first-order chi connectivity index (χ1) is 9.06. The van der Waals surface area contributed by atoms with E-state index in [0.717, 1.165) is 12.6 Å². The number of rotatable bonds is 8. The molecule has 19 heavy (non-hydrogen) atoms. The van der Waals surface area contributed by atoms with Gasteiger partial charge in [-0.1, -0.05) is 47.5 Å². The Hall–Kier alpha value is -0.0800. The average molecular weight is 268 g/mol. The van der Waals surface area contributed by atoms with Crippen molar-refractivity contribution >= 4 is 0 Å². The first kappa shape index (κ1) is 17.0. The van der Waals surface area contributed by atoms with Gasteiger partial charge in [0.2, 0.25) is 0 Å². The molecule has 1 N–H and O–H groups in total. The van der Waals surface area contributed by atoms with Gasteiger partial charge in [0.15, 0.2) is 0 Å². The Labute approximate surface area is 121 Å². The van der Waals surface area contributed by atoms with Crippen molar-refractivity contribution in [3.8, 4) is 0 Å². The van der Waals surface area contributed by atoms with E-state index in [2.05, 4.69) is 44.8 Å². The average Bonchev–Trinajstić information content (AvgIpc) is 2.38. The van der Waals surface area contributed by atoms with Crippen molar-refractivity contribution in [3.05, 3.63) is 0 Å². The lowest BCUT2D eigenvalue weighted by molar-refractivity contribution is 0.0503. The maximum atomic E-state index is 3.86. The van der Waals surface area contributed by atoms with E-state index in [4.69, 9.17) is 0 Å². The summed E-state index contributed by atoms with van der Waals surface area (Å²) in [6, 6.07) is 1.41. The normalized spacial score (nSPS) is 26.8. The summed E-state index contributed by atoms with van der Waals surface area (Å²) in [6.07, 6.45) is 8.02. The van der Waals surface area contributed by atoms with Crippen LogP contribution in [0.15, 0.2) is 0 Å². The van der Waals surface area contributed by atoms with Crippen LogP contribution in [-0.2, 0) is 0 Å². The quantitative estimate of drug-likeness (QED) is 0.714. The fourth-order valence-electron chi connectivity index (χ4n) is 3.64. The van der Waals surface area contributed by atoms with Gasteiger partial charge in [-0.25, -0.2) is 0 Å². The smallest absolute Gasteiger partial charge is 0.0274 e.